The number of carboxylic acid groups (broad SMARTS) is 1. The van der Waals surface area contributed by atoms with Crippen molar-refractivity contribution >= 4 is 16.0 Å². The predicted molar refractivity (Wildman–Crippen MR) is 64.8 cm³/mol. The highest BCUT2D eigenvalue weighted by Gasteiger charge is 2.20. The minimum absolute atomic E-state index is 0.0440. The largest absolute Gasteiger partial charge is 0.478 e. The van der Waals surface area contributed by atoms with Crippen LogP contribution in [0.25, 0.3) is 0 Å². The summed E-state index contributed by atoms with van der Waals surface area (Å²) >= 11 is 0. The van der Waals surface area contributed by atoms with Crippen LogP contribution in [0.2, 0.25) is 0 Å². The fraction of sp³-hybridized carbons (Fsp3) is 0.364. The molecule has 0 aliphatic rings. The average molecular weight is 273 g/mol. The Balaban J connectivity index is 3.33. The molecule has 0 spiro atoms. The Bertz CT molecular complexity index is 565. The van der Waals surface area contributed by atoms with Gasteiger partial charge >= 0.3 is 5.97 Å². The minimum atomic E-state index is -3.86. The Hall–Kier alpha value is -1.44. The Morgan fingerprint density at radius 2 is 1.94 bits per heavy atom. The van der Waals surface area contributed by atoms with E-state index >= 15 is 0 Å². The third-order valence-corrected chi connectivity index (χ3v) is 3.71. The number of nitrogens with one attached hydrogen (secondary N) is 1. The number of aryl methyl sites for hydroxylation is 2. The van der Waals surface area contributed by atoms with Crippen LogP contribution in [0.3, 0.4) is 0 Å². The third-order valence-electron chi connectivity index (χ3n) is 2.35. The van der Waals surface area contributed by atoms with Gasteiger partial charge < -0.3 is 5.11 Å². The van der Waals surface area contributed by atoms with Gasteiger partial charge in [-0.1, -0.05) is 11.0 Å². The molecular formula is C11H15NO5S. The lowest BCUT2D eigenvalue weighted by Crippen LogP contribution is -2.25. The van der Waals surface area contributed by atoms with E-state index < -0.39 is 16.0 Å². The fourth-order valence-electron chi connectivity index (χ4n) is 1.53. The predicted octanol–water partition coefficient (Wildman–Crippen LogP) is 1.23. The van der Waals surface area contributed by atoms with E-state index in [0.29, 0.717) is 11.1 Å². The number of rotatable bonds is 5. The van der Waals surface area contributed by atoms with E-state index in [9.17, 15) is 13.2 Å². The summed E-state index contributed by atoms with van der Waals surface area (Å²) in [6.07, 6.45) is 0. The van der Waals surface area contributed by atoms with Crippen molar-refractivity contribution in [3.63, 3.8) is 0 Å². The van der Waals surface area contributed by atoms with Crippen LogP contribution >= 0.6 is 0 Å². The number of carbonyl (C=O) groups is 1. The molecular weight excluding hydrogens is 258 g/mol. The minimum Gasteiger partial charge on any atom is -0.478 e. The first-order chi connectivity index (χ1) is 8.29. The fourth-order valence-corrected chi connectivity index (χ4v) is 2.65. The van der Waals surface area contributed by atoms with Crippen molar-refractivity contribution in [3.05, 3.63) is 28.8 Å². The third kappa shape index (κ3) is 3.06. The van der Waals surface area contributed by atoms with E-state index in [1.54, 1.807) is 20.8 Å². The second-order valence-electron chi connectivity index (χ2n) is 3.76. The molecule has 0 radical (unpaired) electrons. The lowest BCUT2D eigenvalue weighted by molar-refractivity contribution is 0.0695. The van der Waals surface area contributed by atoms with Crippen molar-refractivity contribution in [2.45, 2.75) is 25.7 Å². The van der Waals surface area contributed by atoms with Gasteiger partial charge in [-0.15, -0.1) is 0 Å². The zero-order valence-electron chi connectivity index (χ0n) is 10.4. The first-order valence-corrected chi connectivity index (χ1v) is 6.76. The summed E-state index contributed by atoms with van der Waals surface area (Å²) in [5.74, 6) is -1.17. The van der Waals surface area contributed by atoms with Gasteiger partial charge in [-0.3, -0.25) is 4.84 Å². The van der Waals surface area contributed by atoms with Gasteiger partial charge in [-0.05, 0) is 38.0 Å². The smallest absolute Gasteiger partial charge is 0.335 e. The van der Waals surface area contributed by atoms with Gasteiger partial charge in [0.25, 0.3) is 10.0 Å². The Morgan fingerprint density at radius 3 is 2.44 bits per heavy atom. The van der Waals surface area contributed by atoms with E-state index in [2.05, 4.69) is 4.84 Å². The first-order valence-electron chi connectivity index (χ1n) is 5.27. The number of carboxylic acids is 1. The molecule has 0 atom stereocenters. The number of hydrogen-bond donors (Lipinski definition) is 2. The highest BCUT2D eigenvalue weighted by Crippen LogP contribution is 2.20. The van der Waals surface area contributed by atoms with Gasteiger partial charge in [-0.2, -0.15) is 0 Å². The first kappa shape index (κ1) is 14.6. The molecule has 2 N–H and O–H groups in total. The summed E-state index contributed by atoms with van der Waals surface area (Å²) < 4.78 is 23.7. The zero-order valence-corrected chi connectivity index (χ0v) is 11.2. The molecule has 0 amide bonds. The molecule has 0 heterocycles. The van der Waals surface area contributed by atoms with Crippen LogP contribution in [0, 0.1) is 13.8 Å². The zero-order chi connectivity index (χ0) is 13.9. The second kappa shape index (κ2) is 5.47. The van der Waals surface area contributed by atoms with Crippen LogP contribution in [-0.2, 0) is 14.9 Å². The molecule has 0 bridgehead atoms. The van der Waals surface area contributed by atoms with Gasteiger partial charge in [0.05, 0.1) is 17.1 Å². The molecule has 0 unspecified atom stereocenters. The van der Waals surface area contributed by atoms with Crippen molar-refractivity contribution in [2.75, 3.05) is 6.61 Å². The molecule has 6 nitrogen and oxygen atoms in total. The summed E-state index contributed by atoms with van der Waals surface area (Å²) in [7, 11) is -3.86. The molecule has 18 heavy (non-hydrogen) atoms. The summed E-state index contributed by atoms with van der Waals surface area (Å²) in [5, 5.41) is 8.98. The lowest BCUT2D eigenvalue weighted by Gasteiger charge is -2.11. The van der Waals surface area contributed by atoms with E-state index in [1.807, 2.05) is 4.89 Å². The van der Waals surface area contributed by atoms with Crippen molar-refractivity contribution in [3.8, 4) is 0 Å². The van der Waals surface area contributed by atoms with Crippen LogP contribution < -0.4 is 4.89 Å². The van der Waals surface area contributed by atoms with Gasteiger partial charge in [0.2, 0.25) is 0 Å². The number of hydrogen-bond acceptors (Lipinski definition) is 4. The van der Waals surface area contributed by atoms with E-state index in [0.717, 1.165) is 6.07 Å². The van der Waals surface area contributed by atoms with Crippen LogP contribution in [0.1, 0.15) is 28.4 Å². The molecule has 1 aromatic rings. The quantitative estimate of drug-likeness (QED) is 0.787. The topological polar surface area (TPSA) is 92.7 Å². The summed E-state index contributed by atoms with van der Waals surface area (Å²) in [6.45, 7) is 5.02. The molecule has 0 aliphatic heterocycles. The van der Waals surface area contributed by atoms with Gasteiger partial charge in [0, 0.05) is 0 Å². The molecule has 0 saturated carbocycles. The summed E-state index contributed by atoms with van der Waals surface area (Å²) in [5.41, 5.74) is 0.928. The van der Waals surface area contributed by atoms with Crippen LogP contribution in [-0.4, -0.2) is 26.1 Å². The van der Waals surface area contributed by atoms with Crippen molar-refractivity contribution in [1.29, 1.82) is 0 Å². The molecule has 0 saturated heterocycles. The molecule has 7 heteroatoms. The molecule has 100 valence electrons. The maximum Gasteiger partial charge on any atom is 0.335 e. The highest BCUT2D eigenvalue weighted by atomic mass is 32.2. The van der Waals surface area contributed by atoms with Crippen LogP contribution in [0.15, 0.2) is 17.0 Å². The number of sulfonamides is 1. The Kier molecular flexibility index (Phi) is 4.44. The number of benzene rings is 1. The van der Waals surface area contributed by atoms with Crippen LogP contribution in [0.4, 0.5) is 0 Å². The van der Waals surface area contributed by atoms with Crippen molar-refractivity contribution in [2.24, 2.45) is 0 Å². The Labute approximate surface area is 106 Å². The van der Waals surface area contributed by atoms with E-state index in [4.69, 9.17) is 5.11 Å². The molecule has 0 aromatic heterocycles. The maximum atomic E-state index is 11.9. The average Bonchev–Trinajstić information content (AvgIpc) is 2.25. The molecule has 0 fully saturated rings. The van der Waals surface area contributed by atoms with Crippen molar-refractivity contribution in [1.82, 2.24) is 4.89 Å². The standard InChI is InChI=1S/C11H15NO5S/c1-4-17-12-18(15,16)10-6-9(11(13)14)7(2)5-8(10)3/h5-6,12H,4H2,1-3H3,(H,13,14). The van der Waals surface area contributed by atoms with E-state index in [-0.39, 0.29) is 17.1 Å². The normalized spacial score (nSPS) is 11.5. The Morgan fingerprint density at radius 1 is 1.33 bits per heavy atom. The second-order valence-corrected chi connectivity index (χ2v) is 5.37. The molecule has 1 aromatic carbocycles. The van der Waals surface area contributed by atoms with Gasteiger partial charge in [0.15, 0.2) is 0 Å². The highest BCUT2D eigenvalue weighted by molar-refractivity contribution is 7.89. The lowest BCUT2D eigenvalue weighted by atomic mass is 10.1. The maximum absolute atomic E-state index is 11.9. The number of aromatic carboxylic acids is 1. The molecule has 1 rings (SSSR count). The summed E-state index contributed by atoms with van der Waals surface area (Å²) in [4.78, 5) is 17.5. The van der Waals surface area contributed by atoms with Crippen molar-refractivity contribution < 1.29 is 23.2 Å². The van der Waals surface area contributed by atoms with E-state index in [1.165, 1.54) is 6.07 Å². The van der Waals surface area contributed by atoms with Gasteiger partial charge in [0.1, 0.15) is 0 Å². The SMILES string of the molecule is CCONS(=O)(=O)c1cc(C(=O)O)c(C)cc1C. The van der Waals surface area contributed by atoms with Crippen LogP contribution in [0.5, 0.6) is 0 Å². The molecule has 0 aliphatic carbocycles. The summed E-state index contributed by atoms with van der Waals surface area (Å²) in [6, 6.07) is 2.65. The monoisotopic (exact) mass is 273 g/mol. The van der Waals surface area contributed by atoms with Gasteiger partial charge in [-0.25, -0.2) is 13.2 Å².